The van der Waals surface area contributed by atoms with Gasteiger partial charge < -0.3 is 10.4 Å². The smallest absolute Gasteiger partial charge is 0.416 e. The highest BCUT2D eigenvalue weighted by atomic mass is 19.4. The molecule has 1 unspecified atom stereocenters. The summed E-state index contributed by atoms with van der Waals surface area (Å²) >= 11 is 0. The van der Waals surface area contributed by atoms with Gasteiger partial charge in [0.05, 0.1) is 16.9 Å². The minimum atomic E-state index is -4.54. The summed E-state index contributed by atoms with van der Waals surface area (Å²) < 4.78 is 51.8. The van der Waals surface area contributed by atoms with Crippen LogP contribution in [-0.2, 0) is 21.2 Å². The number of hydrogen-bond acceptors (Lipinski definition) is 2. The van der Waals surface area contributed by atoms with Crippen LogP contribution >= 0.6 is 0 Å². The molecule has 0 heterocycles. The number of nitrogens with one attached hydrogen (secondary N) is 1. The maximum absolute atomic E-state index is 13.0. The summed E-state index contributed by atoms with van der Waals surface area (Å²) in [5.74, 6) is -3.49. The first-order valence-electron chi connectivity index (χ1n) is 8.37. The van der Waals surface area contributed by atoms with E-state index in [0.717, 1.165) is 24.3 Å². The highest BCUT2D eigenvalue weighted by molar-refractivity contribution is 5.88. The van der Waals surface area contributed by atoms with Crippen LogP contribution in [0.2, 0.25) is 0 Å². The molecular weight excluding hydrogens is 378 g/mol. The monoisotopic (exact) mass is 397 g/mol. The van der Waals surface area contributed by atoms with Gasteiger partial charge in [-0.05, 0) is 43.2 Å². The number of carbonyl (C=O) groups is 2. The SMILES string of the molecule is CC(C)(C(=O)NCC(C(=O)O)c1ccc(F)cc1)c1cccc(C(F)(F)F)c1. The van der Waals surface area contributed by atoms with Gasteiger partial charge in [0.15, 0.2) is 0 Å². The number of alkyl halides is 3. The van der Waals surface area contributed by atoms with E-state index in [1.54, 1.807) is 0 Å². The van der Waals surface area contributed by atoms with Crippen molar-refractivity contribution in [2.75, 3.05) is 6.54 Å². The van der Waals surface area contributed by atoms with E-state index in [9.17, 15) is 32.3 Å². The Morgan fingerprint density at radius 1 is 1.04 bits per heavy atom. The molecule has 2 aromatic rings. The zero-order valence-corrected chi connectivity index (χ0v) is 15.2. The van der Waals surface area contributed by atoms with E-state index in [4.69, 9.17) is 0 Å². The van der Waals surface area contributed by atoms with E-state index in [1.807, 2.05) is 0 Å². The van der Waals surface area contributed by atoms with Crippen molar-refractivity contribution in [1.82, 2.24) is 5.32 Å². The summed E-state index contributed by atoms with van der Waals surface area (Å²) in [6, 6.07) is 9.26. The van der Waals surface area contributed by atoms with Crippen molar-refractivity contribution in [1.29, 1.82) is 0 Å². The summed E-state index contributed by atoms with van der Waals surface area (Å²) in [5.41, 5.74) is -1.76. The second kappa shape index (κ2) is 8.00. The van der Waals surface area contributed by atoms with Crippen molar-refractivity contribution in [3.8, 4) is 0 Å². The number of benzene rings is 2. The van der Waals surface area contributed by atoms with E-state index in [2.05, 4.69) is 5.32 Å². The molecule has 0 saturated heterocycles. The lowest BCUT2D eigenvalue weighted by molar-refractivity contribution is -0.139. The Labute approximate surface area is 159 Å². The van der Waals surface area contributed by atoms with Crippen LogP contribution in [-0.4, -0.2) is 23.5 Å². The third-order valence-corrected chi connectivity index (χ3v) is 4.52. The van der Waals surface area contributed by atoms with E-state index in [0.29, 0.717) is 5.56 Å². The van der Waals surface area contributed by atoms with Crippen molar-refractivity contribution in [2.45, 2.75) is 31.4 Å². The molecule has 8 heteroatoms. The molecule has 0 bridgehead atoms. The summed E-state index contributed by atoms with van der Waals surface area (Å²) in [5, 5.41) is 11.9. The lowest BCUT2D eigenvalue weighted by Crippen LogP contribution is -2.42. The van der Waals surface area contributed by atoms with Gasteiger partial charge in [0, 0.05) is 6.54 Å². The number of rotatable bonds is 6. The second-order valence-corrected chi connectivity index (χ2v) is 6.86. The van der Waals surface area contributed by atoms with Crippen LogP contribution in [0, 0.1) is 5.82 Å². The highest BCUT2D eigenvalue weighted by Gasteiger charge is 2.35. The molecule has 1 amide bonds. The van der Waals surface area contributed by atoms with Gasteiger partial charge in [-0.25, -0.2) is 4.39 Å². The predicted octanol–water partition coefficient (Wildman–Crippen LogP) is 4.11. The molecule has 0 saturated carbocycles. The molecule has 0 aliphatic heterocycles. The first kappa shape index (κ1) is 21.4. The Kier molecular flexibility index (Phi) is 6.11. The minimum Gasteiger partial charge on any atom is -0.481 e. The average Bonchev–Trinajstić information content (AvgIpc) is 2.62. The second-order valence-electron chi connectivity index (χ2n) is 6.86. The van der Waals surface area contributed by atoms with Gasteiger partial charge in [-0.3, -0.25) is 9.59 Å². The van der Waals surface area contributed by atoms with Gasteiger partial charge in [0.25, 0.3) is 0 Å². The lowest BCUT2D eigenvalue weighted by atomic mass is 9.82. The molecule has 0 spiro atoms. The van der Waals surface area contributed by atoms with Gasteiger partial charge in [0.1, 0.15) is 5.82 Å². The van der Waals surface area contributed by atoms with E-state index in [-0.39, 0.29) is 12.1 Å². The number of carboxylic acids is 1. The number of amides is 1. The van der Waals surface area contributed by atoms with Crippen molar-refractivity contribution in [2.24, 2.45) is 0 Å². The molecule has 0 fully saturated rings. The van der Waals surface area contributed by atoms with Gasteiger partial charge in [-0.2, -0.15) is 13.2 Å². The number of halogens is 4. The molecule has 150 valence electrons. The lowest BCUT2D eigenvalue weighted by Gasteiger charge is -2.26. The van der Waals surface area contributed by atoms with E-state index < -0.39 is 40.8 Å². The predicted molar refractivity (Wildman–Crippen MR) is 94.3 cm³/mol. The molecule has 1 atom stereocenters. The van der Waals surface area contributed by atoms with Crippen LogP contribution in [0.3, 0.4) is 0 Å². The van der Waals surface area contributed by atoms with Gasteiger partial charge in [0.2, 0.25) is 5.91 Å². The fourth-order valence-corrected chi connectivity index (χ4v) is 2.67. The minimum absolute atomic E-state index is 0.147. The van der Waals surface area contributed by atoms with Crippen LogP contribution < -0.4 is 5.32 Å². The summed E-state index contributed by atoms with van der Waals surface area (Å²) in [7, 11) is 0. The normalized spacial score (nSPS) is 13.1. The number of hydrogen-bond donors (Lipinski definition) is 2. The molecule has 0 aromatic heterocycles. The Morgan fingerprint density at radius 2 is 1.61 bits per heavy atom. The molecule has 0 aliphatic rings. The maximum Gasteiger partial charge on any atom is 0.416 e. The van der Waals surface area contributed by atoms with Crippen molar-refractivity contribution >= 4 is 11.9 Å². The Morgan fingerprint density at radius 3 is 2.14 bits per heavy atom. The van der Waals surface area contributed by atoms with Crippen LogP contribution in [0.1, 0.15) is 36.5 Å². The van der Waals surface area contributed by atoms with E-state index >= 15 is 0 Å². The molecule has 2 rings (SSSR count). The molecule has 0 radical (unpaired) electrons. The van der Waals surface area contributed by atoms with E-state index in [1.165, 1.54) is 38.1 Å². The summed E-state index contributed by atoms with van der Waals surface area (Å²) in [4.78, 5) is 24.1. The Bertz CT molecular complexity index is 860. The van der Waals surface area contributed by atoms with Gasteiger partial charge in [-0.15, -0.1) is 0 Å². The van der Waals surface area contributed by atoms with Crippen LogP contribution in [0.4, 0.5) is 17.6 Å². The third-order valence-electron chi connectivity index (χ3n) is 4.52. The zero-order chi connectivity index (χ0) is 21.1. The average molecular weight is 397 g/mol. The molecule has 2 N–H and O–H groups in total. The first-order chi connectivity index (χ1) is 12.9. The first-order valence-corrected chi connectivity index (χ1v) is 8.37. The standard InChI is InChI=1S/C20H19F4NO3/c1-19(2,13-4-3-5-14(10-13)20(22,23)24)18(28)25-11-16(17(26)27)12-6-8-15(21)9-7-12/h3-10,16H,11H2,1-2H3,(H,25,28)(H,26,27). The molecule has 2 aromatic carbocycles. The fraction of sp³-hybridized carbons (Fsp3) is 0.300. The van der Waals surface area contributed by atoms with Crippen molar-refractivity contribution < 1.29 is 32.3 Å². The third kappa shape index (κ3) is 4.88. The fourth-order valence-electron chi connectivity index (χ4n) is 2.67. The molecule has 0 aliphatic carbocycles. The van der Waals surface area contributed by atoms with Crippen molar-refractivity contribution in [3.63, 3.8) is 0 Å². The molecule has 4 nitrogen and oxygen atoms in total. The summed E-state index contributed by atoms with van der Waals surface area (Å²) in [6.45, 7) is 2.61. The molecule has 28 heavy (non-hydrogen) atoms. The van der Waals surface area contributed by atoms with Gasteiger partial charge >= 0.3 is 12.1 Å². The largest absolute Gasteiger partial charge is 0.481 e. The zero-order valence-electron chi connectivity index (χ0n) is 15.2. The quantitative estimate of drug-likeness (QED) is 0.721. The van der Waals surface area contributed by atoms with Crippen LogP contribution in [0.5, 0.6) is 0 Å². The van der Waals surface area contributed by atoms with Crippen LogP contribution in [0.25, 0.3) is 0 Å². The topological polar surface area (TPSA) is 66.4 Å². The Balaban J connectivity index is 2.18. The van der Waals surface area contributed by atoms with Gasteiger partial charge in [-0.1, -0.05) is 30.3 Å². The summed E-state index contributed by atoms with van der Waals surface area (Å²) in [6.07, 6.45) is -4.54. The highest BCUT2D eigenvalue weighted by Crippen LogP contribution is 2.33. The Hall–Kier alpha value is -2.90. The maximum atomic E-state index is 13.0. The number of aliphatic carboxylic acids is 1. The number of carbonyl (C=O) groups excluding carboxylic acids is 1. The van der Waals surface area contributed by atoms with Crippen LogP contribution in [0.15, 0.2) is 48.5 Å². The van der Waals surface area contributed by atoms with Crippen molar-refractivity contribution in [3.05, 3.63) is 71.0 Å². The molecular formula is C20H19F4NO3. The number of carboxylic acid groups (broad SMARTS) is 1.